The normalized spacial score (nSPS) is 11.1. The summed E-state index contributed by atoms with van der Waals surface area (Å²) in [4.78, 5) is 0. The maximum absolute atomic E-state index is 6.03. The summed E-state index contributed by atoms with van der Waals surface area (Å²) in [6, 6.07) is 5.90. The number of nitrogens with two attached hydrogens (primary N) is 1. The van der Waals surface area contributed by atoms with Crippen molar-refractivity contribution in [2.75, 3.05) is 5.73 Å². The molecule has 0 atom stereocenters. The Hall–Kier alpha value is -1.84. The zero-order valence-electron chi connectivity index (χ0n) is 10.5. The Kier molecular flexibility index (Phi) is 3.13. The van der Waals surface area contributed by atoms with E-state index < -0.39 is 0 Å². The second kappa shape index (κ2) is 4.57. The Labute approximate surface area is 101 Å². The van der Waals surface area contributed by atoms with Gasteiger partial charge in [0, 0.05) is 17.8 Å². The number of aromatic nitrogens is 3. The van der Waals surface area contributed by atoms with Crippen LogP contribution in [0.3, 0.4) is 0 Å². The van der Waals surface area contributed by atoms with Crippen molar-refractivity contribution in [3.8, 4) is 11.4 Å². The lowest BCUT2D eigenvalue weighted by molar-refractivity contribution is 0.525. The molecule has 0 saturated heterocycles. The third-order valence-electron chi connectivity index (χ3n) is 2.71. The number of anilines is 1. The molecule has 0 bridgehead atoms. The molecule has 2 N–H and O–H groups in total. The number of rotatable bonds is 3. The van der Waals surface area contributed by atoms with E-state index >= 15 is 0 Å². The molecule has 0 aliphatic carbocycles. The molecule has 2 rings (SSSR count). The van der Waals surface area contributed by atoms with Gasteiger partial charge in [-0.1, -0.05) is 26.0 Å². The lowest BCUT2D eigenvalue weighted by atomic mass is 10.1. The van der Waals surface area contributed by atoms with E-state index in [1.807, 2.05) is 25.1 Å². The zero-order valence-corrected chi connectivity index (χ0v) is 10.5. The van der Waals surface area contributed by atoms with Gasteiger partial charge in [-0.3, -0.25) is 0 Å². The van der Waals surface area contributed by atoms with Gasteiger partial charge >= 0.3 is 0 Å². The maximum Gasteiger partial charge on any atom is 0.166 e. The lowest BCUT2D eigenvalue weighted by Crippen LogP contribution is -2.06. The van der Waals surface area contributed by atoms with E-state index in [9.17, 15) is 0 Å². The van der Waals surface area contributed by atoms with Crippen LogP contribution in [-0.4, -0.2) is 14.8 Å². The molecule has 2 aromatic rings. The van der Waals surface area contributed by atoms with Gasteiger partial charge in [-0.2, -0.15) is 0 Å². The van der Waals surface area contributed by atoms with Crippen LogP contribution in [0.5, 0.6) is 0 Å². The summed E-state index contributed by atoms with van der Waals surface area (Å²) in [5, 5.41) is 8.19. The number of benzene rings is 1. The number of hydrogen-bond donors (Lipinski definition) is 1. The van der Waals surface area contributed by atoms with Gasteiger partial charge in [-0.25, -0.2) is 0 Å². The predicted octanol–water partition coefficient (Wildman–Crippen LogP) is 2.49. The summed E-state index contributed by atoms with van der Waals surface area (Å²) in [6.45, 7) is 7.28. The largest absolute Gasteiger partial charge is 0.398 e. The molecule has 0 radical (unpaired) electrons. The van der Waals surface area contributed by atoms with Crippen molar-refractivity contribution >= 4 is 5.69 Å². The van der Waals surface area contributed by atoms with Crippen LogP contribution in [-0.2, 0) is 6.54 Å². The number of nitrogens with zero attached hydrogens (tertiary/aromatic N) is 3. The van der Waals surface area contributed by atoms with E-state index in [1.54, 1.807) is 6.33 Å². The van der Waals surface area contributed by atoms with Gasteiger partial charge < -0.3 is 10.3 Å². The minimum absolute atomic E-state index is 0.551. The highest BCUT2D eigenvalue weighted by atomic mass is 15.3. The van der Waals surface area contributed by atoms with Crippen molar-refractivity contribution in [2.45, 2.75) is 27.3 Å². The van der Waals surface area contributed by atoms with E-state index in [1.165, 1.54) is 0 Å². The van der Waals surface area contributed by atoms with Crippen molar-refractivity contribution < 1.29 is 0 Å². The van der Waals surface area contributed by atoms with Crippen LogP contribution in [0.25, 0.3) is 11.4 Å². The number of aryl methyl sites for hydroxylation is 1. The molecule has 0 aliphatic rings. The smallest absolute Gasteiger partial charge is 0.166 e. The molecule has 0 aliphatic heterocycles. The van der Waals surface area contributed by atoms with Crippen LogP contribution in [0.1, 0.15) is 19.4 Å². The summed E-state index contributed by atoms with van der Waals surface area (Å²) < 4.78 is 2.06. The molecule has 90 valence electrons. The van der Waals surface area contributed by atoms with Gasteiger partial charge in [-0.05, 0) is 24.5 Å². The number of nitrogen functional groups attached to an aromatic ring is 1. The quantitative estimate of drug-likeness (QED) is 0.824. The SMILES string of the molecule is Cc1cccc(N)c1-c1nncn1CC(C)C. The summed E-state index contributed by atoms with van der Waals surface area (Å²) in [7, 11) is 0. The predicted molar refractivity (Wildman–Crippen MR) is 69.4 cm³/mol. The second-order valence-corrected chi connectivity index (χ2v) is 4.74. The Bertz CT molecular complexity index is 494. The van der Waals surface area contributed by atoms with E-state index in [2.05, 4.69) is 28.6 Å². The van der Waals surface area contributed by atoms with Gasteiger partial charge in [0.2, 0.25) is 0 Å². The summed E-state index contributed by atoms with van der Waals surface area (Å²) in [5.41, 5.74) is 8.90. The summed E-state index contributed by atoms with van der Waals surface area (Å²) in [5.74, 6) is 1.41. The molecule has 0 amide bonds. The summed E-state index contributed by atoms with van der Waals surface area (Å²) in [6.07, 6.45) is 1.77. The minimum atomic E-state index is 0.551. The fourth-order valence-electron chi connectivity index (χ4n) is 1.97. The Morgan fingerprint density at radius 2 is 2.12 bits per heavy atom. The van der Waals surface area contributed by atoms with Crippen molar-refractivity contribution in [1.82, 2.24) is 14.8 Å². The average molecular weight is 230 g/mol. The van der Waals surface area contributed by atoms with Gasteiger partial charge in [0.1, 0.15) is 6.33 Å². The molecule has 4 heteroatoms. The Balaban J connectivity index is 2.50. The fourth-order valence-corrected chi connectivity index (χ4v) is 1.97. The first-order chi connectivity index (χ1) is 8.09. The molecule has 1 heterocycles. The van der Waals surface area contributed by atoms with E-state index in [-0.39, 0.29) is 0 Å². The first kappa shape index (κ1) is 11.6. The Morgan fingerprint density at radius 1 is 1.35 bits per heavy atom. The highest BCUT2D eigenvalue weighted by molar-refractivity contribution is 5.74. The first-order valence-corrected chi connectivity index (χ1v) is 5.83. The molecule has 4 nitrogen and oxygen atoms in total. The molecular weight excluding hydrogens is 212 g/mol. The van der Waals surface area contributed by atoms with E-state index in [0.717, 1.165) is 29.2 Å². The van der Waals surface area contributed by atoms with E-state index in [0.29, 0.717) is 5.92 Å². The van der Waals surface area contributed by atoms with Crippen LogP contribution in [0, 0.1) is 12.8 Å². The molecule has 1 aromatic carbocycles. The van der Waals surface area contributed by atoms with Crippen LogP contribution >= 0.6 is 0 Å². The lowest BCUT2D eigenvalue weighted by Gasteiger charge is -2.12. The summed E-state index contributed by atoms with van der Waals surface area (Å²) >= 11 is 0. The third-order valence-corrected chi connectivity index (χ3v) is 2.71. The molecule has 1 aromatic heterocycles. The fraction of sp³-hybridized carbons (Fsp3) is 0.385. The highest BCUT2D eigenvalue weighted by Gasteiger charge is 2.13. The topological polar surface area (TPSA) is 56.7 Å². The highest BCUT2D eigenvalue weighted by Crippen LogP contribution is 2.27. The van der Waals surface area contributed by atoms with Crippen LogP contribution in [0.4, 0.5) is 5.69 Å². The van der Waals surface area contributed by atoms with Gasteiger partial charge in [-0.15, -0.1) is 10.2 Å². The van der Waals surface area contributed by atoms with Crippen LogP contribution in [0.15, 0.2) is 24.5 Å². The monoisotopic (exact) mass is 230 g/mol. The van der Waals surface area contributed by atoms with Crippen molar-refractivity contribution in [1.29, 1.82) is 0 Å². The number of hydrogen-bond acceptors (Lipinski definition) is 3. The second-order valence-electron chi connectivity index (χ2n) is 4.74. The van der Waals surface area contributed by atoms with Crippen molar-refractivity contribution in [2.24, 2.45) is 5.92 Å². The van der Waals surface area contributed by atoms with Crippen molar-refractivity contribution in [3.63, 3.8) is 0 Å². The maximum atomic E-state index is 6.03. The van der Waals surface area contributed by atoms with Gasteiger partial charge in [0.25, 0.3) is 0 Å². The van der Waals surface area contributed by atoms with Crippen LogP contribution < -0.4 is 5.73 Å². The first-order valence-electron chi connectivity index (χ1n) is 5.83. The molecule has 0 saturated carbocycles. The molecule has 0 unspecified atom stereocenters. The van der Waals surface area contributed by atoms with Crippen molar-refractivity contribution in [3.05, 3.63) is 30.1 Å². The standard InChI is InChI=1S/C13H18N4/c1-9(2)7-17-8-15-16-13(17)12-10(3)5-4-6-11(12)14/h4-6,8-9H,7,14H2,1-3H3. The van der Waals surface area contributed by atoms with Gasteiger partial charge in [0.15, 0.2) is 5.82 Å². The third kappa shape index (κ3) is 2.30. The molecule has 0 spiro atoms. The average Bonchev–Trinajstić information content (AvgIpc) is 2.65. The molecule has 17 heavy (non-hydrogen) atoms. The molecular formula is C13H18N4. The minimum Gasteiger partial charge on any atom is -0.398 e. The molecule has 0 fully saturated rings. The van der Waals surface area contributed by atoms with Gasteiger partial charge in [0.05, 0.1) is 0 Å². The van der Waals surface area contributed by atoms with Crippen LogP contribution in [0.2, 0.25) is 0 Å². The Morgan fingerprint density at radius 3 is 2.76 bits per heavy atom. The zero-order chi connectivity index (χ0) is 12.4. The van der Waals surface area contributed by atoms with E-state index in [4.69, 9.17) is 5.73 Å².